The van der Waals surface area contributed by atoms with Gasteiger partial charge in [0.05, 0.1) is 35.1 Å². The zero-order chi connectivity index (χ0) is 24.0. The summed E-state index contributed by atoms with van der Waals surface area (Å²) in [5.74, 6) is 1.19. The molecule has 34 heavy (non-hydrogen) atoms. The van der Waals surface area contributed by atoms with E-state index in [1.165, 1.54) is 0 Å². The van der Waals surface area contributed by atoms with Gasteiger partial charge < -0.3 is 24.4 Å². The molecule has 1 N–H and O–H groups in total. The molecular formula is C24H26N8O2. The number of carbonyl (C=O) groups excluding carboxylic acids is 1. The van der Waals surface area contributed by atoms with Gasteiger partial charge in [-0.3, -0.25) is 4.79 Å². The molecule has 5 rings (SSSR count). The molecule has 0 bridgehead atoms. The van der Waals surface area contributed by atoms with Gasteiger partial charge in [-0.05, 0) is 31.5 Å². The van der Waals surface area contributed by atoms with Gasteiger partial charge in [0, 0.05) is 39.0 Å². The van der Waals surface area contributed by atoms with Gasteiger partial charge in [0.15, 0.2) is 5.82 Å². The fourth-order valence-corrected chi connectivity index (χ4v) is 4.72. The number of aromatic nitrogens is 4. The topological polar surface area (TPSA) is 112 Å². The standard InChI is InChI=1S/C24H26N8O2/c1-5-18-21-22(32-12-17(34-4)9-20(32)23(33)30(21)3)29-24(28-18)27-16-6-7-19(15(8-16)10-25)31-11-14(2)26-13-31/h6-8,11,13,17,20H,5,9,12H2,1-4H3,(H,27,28,29). The summed E-state index contributed by atoms with van der Waals surface area (Å²) < 4.78 is 7.38. The molecule has 1 fully saturated rings. The molecule has 0 spiro atoms. The molecule has 1 aromatic carbocycles. The molecule has 0 aliphatic carbocycles. The number of likely N-dealkylation sites (N-methyl/N-ethyl adjacent to an activating group) is 1. The van der Waals surface area contributed by atoms with Gasteiger partial charge in [-0.25, -0.2) is 9.97 Å². The lowest BCUT2D eigenvalue weighted by Crippen LogP contribution is -2.50. The van der Waals surface area contributed by atoms with Crippen LogP contribution in [-0.2, 0) is 16.0 Å². The van der Waals surface area contributed by atoms with E-state index in [4.69, 9.17) is 14.7 Å². The van der Waals surface area contributed by atoms with Crippen molar-refractivity contribution < 1.29 is 9.53 Å². The number of amides is 1. The minimum Gasteiger partial charge on any atom is -0.380 e. The summed E-state index contributed by atoms with van der Waals surface area (Å²) in [5.41, 5.74) is 4.36. The lowest BCUT2D eigenvalue weighted by atomic mass is 10.1. The number of hydrogen-bond acceptors (Lipinski definition) is 8. The highest BCUT2D eigenvalue weighted by molar-refractivity contribution is 6.05. The first-order valence-electron chi connectivity index (χ1n) is 11.2. The molecule has 1 saturated heterocycles. The predicted molar refractivity (Wildman–Crippen MR) is 128 cm³/mol. The molecule has 2 atom stereocenters. The number of nitrogens with zero attached hydrogens (tertiary/aromatic N) is 7. The molecule has 2 unspecified atom stereocenters. The first-order chi connectivity index (χ1) is 16.4. The Hall–Kier alpha value is -3.97. The van der Waals surface area contributed by atoms with E-state index in [2.05, 4.69) is 16.4 Å². The number of imidazole rings is 1. The zero-order valence-electron chi connectivity index (χ0n) is 19.6. The van der Waals surface area contributed by atoms with Crippen LogP contribution in [-0.4, -0.2) is 58.3 Å². The van der Waals surface area contributed by atoms with E-state index in [1.54, 1.807) is 31.5 Å². The van der Waals surface area contributed by atoms with E-state index >= 15 is 0 Å². The van der Waals surface area contributed by atoms with Gasteiger partial charge in [0.1, 0.15) is 17.8 Å². The highest BCUT2D eigenvalue weighted by Crippen LogP contribution is 2.41. The van der Waals surface area contributed by atoms with Crippen LogP contribution in [0.4, 0.5) is 23.1 Å². The largest absolute Gasteiger partial charge is 0.380 e. The molecule has 2 aliphatic rings. The number of methoxy groups -OCH3 is 1. The fourth-order valence-electron chi connectivity index (χ4n) is 4.72. The maximum absolute atomic E-state index is 13.0. The monoisotopic (exact) mass is 458 g/mol. The third-order valence-corrected chi connectivity index (χ3v) is 6.45. The summed E-state index contributed by atoms with van der Waals surface area (Å²) >= 11 is 0. The normalized spacial score (nSPS) is 19.1. The van der Waals surface area contributed by atoms with E-state index in [0.717, 1.165) is 28.6 Å². The Morgan fingerprint density at radius 1 is 1.32 bits per heavy atom. The number of nitriles is 1. The molecule has 2 aliphatic heterocycles. The number of carbonyl (C=O) groups is 1. The Morgan fingerprint density at radius 3 is 2.82 bits per heavy atom. The van der Waals surface area contributed by atoms with Crippen molar-refractivity contribution in [2.45, 2.75) is 38.8 Å². The Morgan fingerprint density at radius 2 is 2.15 bits per heavy atom. The average molecular weight is 459 g/mol. The van der Waals surface area contributed by atoms with E-state index in [9.17, 15) is 10.1 Å². The summed E-state index contributed by atoms with van der Waals surface area (Å²) in [6.07, 6.45) is 4.82. The number of anilines is 4. The predicted octanol–water partition coefficient (Wildman–Crippen LogP) is 2.72. The molecule has 10 heteroatoms. The summed E-state index contributed by atoms with van der Waals surface area (Å²) in [5, 5.41) is 13.0. The summed E-state index contributed by atoms with van der Waals surface area (Å²) in [4.78, 5) is 30.5. The Balaban J connectivity index is 1.52. The third kappa shape index (κ3) is 3.54. The zero-order valence-corrected chi connectivity index (χ0v) is 19.6. The summed E-state index contributed by atoms with van der Waals surface area (Å²) in [6.45, 7) is 4.52. The first-order valence-corrected chi connectivity index (χ1v) is 11.2. The molecule has 10 nitrogen and oxygen atoms in total. The minimum absolute atomic E-state index is 0.0257. The average Bonchev–Trinajstić information content (AvgIpc) is 3.48. The lowest BCUT2D eigenvalue weighted by Gasteiger charge is -2.37. The number of ether oxygens (including phenoxy) is 1. The smallest absolute Gasteiger partial charge is 0.249 e. The van der Waals surface area contributed by atoms with Crippen molar-refractivity contribution >= 4 is 29.0 Å². The Labute approximate surface area is 197 Å². The van der Waals surface area contributed by atoms with Crippen molar-refractivity contribution in [2.75, 3.05) is 35.8 Å². The molecular weight excluding hydrogens is 432 g/mol. The number of nitrogens with one attached hydrogen (secondary N) is 1. The Kier molecular flexibility index (Phi) is 5.42. The summed E-state index contributed by atoms with van der Waals surface area (Å²) in [6, 6.07) is 7.49. The lowest BCUT2D eigenvalue weighted by molar-refractivity contribution is -0.119. The van der Waals surface area contributed by atoms with E-state index in [-0.39, 0.29) is 18.1 Å². The maximum Gasteiger partial charge on any atom is 0.249 e. The van der Waals surface area contributed by atoms with Crippen LogP contribution >= 0.6 is 0 Å². The van der Waals surface area contributed by atoms with Crippen LogP contribution < -0.4 is 15.1 Å². The fraction of sp³-hybridized carbons (Fsp3) is 0.375. The second-order valence-electron chi connectivity index (χ2n) is 8.57. The van der Waals surface area contributed by atoms with Crippen molar-refractivity contribution in [3.63, 3.8) is 0 Å². The number of rotatable bonds is 5. The SMILES string of the molecule is CCc1nc(Nc2ccc(-n3cnc(C)c3)c(C#N)c2)nc2c1N(C)C(=O)C1CC(OC)CN21. The van der Waals surface area contributed by atoms with Crippen LogP contribution in [0.2, 0.25) is 0 Å². The van der Waals surface area contributed by atoms with E-state index < -0.39 is 0 Å². The quantitative estimate of drug-likeness (QED) is 0.621. The number of benzene rings is 1. The highest BCUT2D eigenvalue weighted by atomic mass is 16.5. The van der Waals surface area contributed by atoms with Crippen LogP contribution in [0.3, 0.4) is 0 Å². The summed E-state index contributed by atoms with van der Waals surface area (Å²) in [7, 11) is 3.45. The van der Waals surface area contributed by atoms with E-state index in [1.807, 2.05) is 41.6 Å². The van der Waals surface area contributed by atoms with Crippen molar-refractivity contribution in [3.8, 4) is 11.8 Å². The van der Waals surface area contributed by atoms with Gasteiger partial charge >= 0.3 is 0 Å². The second kappa shape index (κ2) is 8.43. The number of hydrogen-bond donors (Lipinski definition) is 1. The third-order valence-electron chi connectivity index (χ3n) is 6.45. The van der Waals surface area contributed by atoms with Crippen molar-refractivity contribution in [1.29, 1.82) is 5.26 Å². The molecule has 1 amide bonds. The second-order valence-corrected chi connectivity index (χ2v) is 8.57. The van der Waals surface area contributed by atoms with Gasteiger partial charge in [-0.1, -0.05) is 6.92 Å². The van der Waals surface area contributed by atoms with Crippen molar-refractivity contribution in [2.24, 2.45) is 0 Å². The van der Waals surface area contributed by atoms with Crippen LogP contribution in [0.15, 0.2) is 30.7 Å². The number of fused-ring (bicyclic) bond motifs is 3. The van der Waals surface area contributed by atoms with Gasteiger partial charge in [-0.2, -0.15) is 10.2 Å². The van der Waals surface area contributed by atoms with Crippen LogP contribution in [0.1, 0.15) is 30.3 Å². The molecule has 2 aromatic heterocycles. The van der Waals surface area contributed by atoms with Crippen LogP contribution in [0.5, 0.6) is 0 Å². The molecule has 4 heterocycles. The van der Waals surface area contributed by atoms with Crippen LogP contribution in [0.25, 0.3) is 5.69 Å². The number of aryl methyl sites for hydroxylation is 2. The maximum atomic E-state index is 13.0. The molecule has 174 valence electrons. The van der Waals surface area contributed by atoms with E-state index in [0.29, 0.717) is 36.6 Å². The van der Waals surface area contributed by atoms with Crippen LogP contribution in [0, 0.1) is 18.3 Å². The first kappa shape index (κ1) is 21.9. The Bertz CT molecular complexity index is 1310. The molecule has 0 saturated carbocycles. The van der Waals surface area contributed by atoms with Crippen molar-refractivity contribution in [1.82, 2.24) is 19.5 Å². The highest BCUT2D eigenvalue weighted by Gasteiger charge is 2.45. The minimum atomic E-state index is -0.294. The van der Waals surface area contributed by atoms with Crippen molar-refractivity contribution in [3.05, 3.63) is 47.7 Å². The van der Waals surface area contributed by atoms with Gasteiger partial charge in [-0.15, -0.1) is 0 Å². The van der Waals surface area contributed by atoms with Gasteiger partial charge in [0.25, 0.3) is 0 Å². The molecule has 3 aromatic rings. The van der Waals surface area contributed by atoms with Gasteiger partial charge in [0.2, 0.25) is 11.9 Å². The molecule has 0 radical (unpaired) electrons.